The van der Waals surface area contributed by atoms with E-state index in [0.717, 1.165) is 24.2 Å². The maximum absolute atomic E-state index is 5.69. The Kier molecular flexibility index (Phi) is 7.76. The highest BCUT2D eigenvalue weighted by Gasteiger charge is 2.48. The molecule has 0 heterocycles. The molecule has 6 unspecified atom stereocenters. The molecule has 0 radical (unpaired) electrons. The van der Waals surface area contributed by atoms with E-state index in [1.54, 1.807) is 11.1 Å². The van der Waals surface area contributed by atoms with Crippen LogP contribution >= 0.6 is 0 Å². The fourth-order valence-electron chi connectivity index (χ4n) is 6.45. The van der Waals surface area contributed by atoms with Crippen molar-refractivity contribution in [1.29, 1.82) is 0 Å². The van der Waals surface area contributed by atoms with E-state index in [1.807, 2.05) is 7.11 Å². The molecule has 0 N–H and O–H groups in total. The van der Waals surface area contributed by atoms with Gasteiger partial charge < -0.3 is 4.74 Å². The van der Waals surface area contributed by atoms with Crippen LogP contribution in [0.25, 0.3) is 0 Å². The minimum Gasteiger partial charge on any atom is -0.381 e. The summed E-state index contributed by atoms with van der Waals surface area (Å²) in [6, 6.07) is 0. The number of fused-ring (bicyclic) bond motifs is 1. The Morgan fingerprint density at radius 3 is 2.63 bits per heavy atom. The largest absolute Gasteiger partial charge is 0.381 e. The molecule has 0 aliphatic heterocycles. The third kappa shape index (κ3) is 5.50. The van der Waals surface area contributed by atoms with E-state index in [9.17, 15) is 0 Å². The summed E-state index contributed by atoms with van der Waals surface area (Å²) in [7, 11) is 1.88. The topological polar surface area (TPSA) is 9.23 Å². The minimum atomic E-state index is 0.366. The van der Waals surface area contributed by atoms with Crippen LogP contribution in [0.15, 0.2) is 35.5 Å². The summed E-state index contributed by atoms with van der Waals surface area (Å²) in [5, 5.41) is 0. The molecular formula is C29H48O. The number of hydrogen-bond donors (Lipinski definition) is 0. The summed E-state index contributed by atoms with van der Waals surface area (Å²) in [5.41, 5.74) is 4.23. The van der Waals surface area contributed by atoms with Crippen LogP contribution < -0.4 is 0 Å². The SMILES string of the molecule is COC1CC(=CC=C2CCCC3(C)C(CC=CC(C)C(C)(C)C)CCC23)CC(C)C1. The van der Waals surface area contributed by atoms with Gasteiger partial charge >= 0.3 is 0 Å². The predicted octanol–water partition coefficient (Wildman–Crippen LogP) is 8.52. The van der Waals surface area contributed by atoms with Gasteiger partial charge in [-0.05, 0) is 92.3 Å². The van der Waals surface area contributed by atoms with Gasteiger partial charge in [-0.15, -0.1) is 0 Å². The Hall–Kier alpha value is -0.820. The van der Waals surface area contributed by atoms with Crippen molar-refractivity contribution in [3.63, 3.8) is 0 Å². The molecule has 0 aromatic carbocycles. The summed E-state index contributed by atoms with van der Waals surface area (Å²) in [4.78, 5) is 0. The lowest BCUT2D eigenvalue weighted by Gasteiger charge is -2.42. The van der Waals surface area contributed by atoms with Gasteiger partial charge in [0.1, 0.15) is 0 Å². The molecule has 0 aromatic heterocycles. The zero-order valence-corrected chi connectivity index (χ0v) is 21.0. The van der Waals surface area contributed by atoms with Gasteiger partial charge in [-0.25, -0.2) is 0 Å². The van der Waals surface area contributed by atoms with Crippen LogP contribution in [-0.4, -0.2) is 13.2 Å². The number of hydrogen-bond acceptors (Lipinski definition) is 1. The Labute approximate surface area is 187 Å². The van der Waals surface area contributed by atoms with Gasteiger partial charge in [-0.3, -0.25) is 0 Å². The third-order valence-electron chi connectivity index (χ3n) is 9.00. The second-order valence-electron chi connectivity index (χ2n) is 12.2. The van der Waals surface area contributed by atoms with Crippen LogP contribution in [0.5, 0.6) is 0 Å². The molecule has 1 heteroatoms. The van der Waals surface area contributed by atoms with E-state index >= 15 is 0 Å². The lowest BCUT2D eigenvalue weighted by Crippen LogP contribution is -2.33. The van der Waals surface area contributed by atoms with Crippen molar-refractivity contribution in [1.82, 2.24) is 0 Å². The van der Waals surface area contributed by atoms with Crippen molar-refractivity contribution in [2.45, 2.75) is 105 Å². The Balaban J connectivity index is 1.67. The predicted molar refractivity (Wildman–Crippen MR) is 131 cm³/mol. The maximum atomic E-state index is 5.69. The zero-order valence-electron chi connectivity index (χ0n) is 21.0. The van der Waals surface area contributed by atoms with Crippen LogP contribution in [0.3, 0.4) is 0 Å². The van der Waals surface area contributed by atoms with Crippen molar-refractivity contribution in [2.24, 2.45) is 34.5 Å². The van der Waals surface area contributed by atoms with Gasteiger partial charge in [-0.1, -0.05) is 77.0 Å². The van der Waals surface area contributed by atoms with Crippen molar-refractivity contribution < 1.29 is 4.74 Å². The zero-order chi connectivity index (χ0) is 21.9. The van der Waals surface area contributed by atoms with Gasteiger partial charge in [0.15, 0.2) is 0 Å². The lowest BCUT2D eigenvalue weighted by atomic mass is 9.63. The fourth-order valence-corrected chi connectivity index (χ4v) is 6.45. The quantitative estimate of drug-likeness (QED) is 0.411. The minimum absolute atomic E-state index is 0.366. The highest BCUT2D eigenvalue weighted by molar-refractivity contribution is 5.26. The van der Waals surface area contributed by atoms with Gasteiger partial charge in [0.2, 0.25) is 0 Å². The van der Waals surface area contributed by atoms with Gasteiger partial charge in [0.05, 0.1) is 6.10 Å². The molecule has 0 saturated heterocycles. The highest BCUT2D eigenvalue weighted by atomic mass is 16.5. The van der Waals surface area contributed by atoms with Gasteiger partial charge in [0, 0.05) is 7.11 Å². The first-order valence-electron chi connectivity index (χ1n) is 12.7. The monoisotopic (exact) mass is 412 g/mol. The Morgan fingerprint density at radius 1 is 1.17 bits per heavy atom. The second kappa shape index (κ2) is 9.76. The van der Waals surface area contributed by atoms with E-state index < -0.39 is 0 Å². The molecule has 1 nitrogen and oxygen atoms in total. The first-order chi connectivity index (χ1) is 14.1. The van der Waals surface area contributed by atoms with Gasteiger partial charge in [0.25, 0.3) is 0 Å². The summed E-state index contributed by atoms with van der Waals surface area (Å²) in [6.45, 7) is 14.4. The average Bonchev–Trinajstić information content (AvgIpc) is 3.02. The average molecular weight is 413 g/mol. The highest BCUT2D eigenvalue weighted by Crippen LogP contribution is 2.58. The molecule has 3 aliphatic carbocycles. The Bertz CT molecular complexity index is 660. The number of rotatable bonds is 5. The van der Waals surface area contributed by atoms with Crippen molar-refractivity contribution in [3.8, 4) is 0 Å². The molecule has 3 fully saturated rings. The normalized spacial score (nSPS) is 39.0. The smallest absolute Gasteiger partial charge is 0.0611 e. The van der Waals surface area contributed by atoms with Crippen molar-refractivity contribution in [3.05, 3.63) is 35.5 Å². The number of allylic oxidation sites excluding steroid dienone is 5. The first-order valence-corrected chi connectivity index (χ1v) is 12.7. The summed E-state index contributed by atoms with van der Waals surface area (Å²) in [6.07, 6.45) is 22.2. The molecule has 170 valence electrons. The molecule has 3 rings (SSSR count). The summed E-state index contributed by atoms with van der Waals surface area (Å²) in [5.74, 6) is 3.06. The molecule has 0 aromatic rings. The van der Waals surface area contributed by atoms with E-state index in [4.69, 9.17) is 4.74 Å². The second-order valence-corrected chi connectivity index (χ2v) is 12.2. The molecule has 30 heavy (non-hydrogen) atoms. The van der Waals surface area contributed by atoms with Crippen LogP contribution in [0.4, 0.5) is 0 Å². The van der Waals surface area contributed by atoms with Crippen LogP contribution in [0.1, 0.15) is 99.3 Å². The molecule has 0 bridgehead atoms. The first kappa shape index (κ1) is 23.8. The number of methoxy groups -OCH3 is 1. The fraction of sp³-hybridized carbons (Fsp3) is 0.793. The van der Waals surface area contributed by atoms with Crippen molar-refractivity contribution >= 4 is 0 Å². The standard InChI is InChI=1S/C29H48O/c1-21-18-23(20-26(19-21)30-7)13-14-24-11-9-17-29(6)25(15-16-27(24)29)12-8-10-22(2)28(3,4)5/h8,10,13-14,21-22,25-27H,9,11-12,15-20H2,1-7H3. The molecular weight excluding hydrogens is 364 g/mol. The van der Waals surface area contributed by atoms with E-state index in [2.05, 4.69) is 65.8 Å². The maximum Gasteiger partial charge on any atom is 0.0611 e. The van der Waals surface area contributed by atoms with Gasteiger partial charge in [-0.2, -0.15) is 0 Å². The lowest BCUT2D eigenvalue weighted by molar-refractivity contribution is 0.0702. The van der Waals surface area contributed by atoms with Crippen LogP contribution in [0.2, 0.25) is 0 Å². The summed E-state index contributed by atoms with van der Waals surface area (Å²) >= 11 is 0. The van der Waals surface area contributed by atoms with E-state index in [0.29, 0.717) is 22.9 Å². The van der Waals surface area contributed by atoms with Crippen LogP contribution in [0, 0.1) is 34.5 Å². The third-order valence-corrected chi connectivity index (χ3v) is 9.00. The molecule has 0 spiro atoms. The molecule has 6 atom stereocenters. The molecule has 3 aliphatic rings. The number of ether oxygens (including phenoxy) is 1. The van der Waals surface area contributed by atoms with E-state index in [-0.39, 0.29) is 0 Å². The molecule has 3 saturated carbocycles. The molecule has 0 amide bonds. The van der Waals surface area contributed by atoms with E-state index in [1.165, 1.54) is 51.4 Å². The summed E-state index contributed by atoms with van der Waals surface area (Å²) < 4.78 is 5.69. The van der Waals surface area contributed by atoms with Crippen molar-refractivity contribution in [2.75, 3.05) is 7.11 Å². The Morgan fingerprint density at radius 2 is 1.93 bits per heavy atom. The van der Waals surface area contributed by atoms with Crippen LogP contribution in [-0.2, 0) is 4.74 Å².